The van der Waals surface area contributed by atoms with Crippen LogP contribution in [0.3, 0.4) is 0 Å². The van der Waals surface area contributed by atoms with Gasteiger partial charge in [-0.2, -0.15) is 0 Å². The Kier molecular flexibility index (Phi) is 8.22. The van der Waals surface area contributed by atoms with Gasteiger partial charge in [-0.05, 0) is 67.0 Å². The molecule has 0 aliphatic heterocycles. The molecule has 0 heterocycles. The van der Waals surface area contributed by atoms with E-state index in [-0.39, 0.29) is 24.0 Å². The van der Waals surface area contributed by atoms with Gasteiger partial charge in [0.05, 0.1) is 14.2 Å². The highest BCUT2D eigenvalue weighted by atomic mass is 127. The number of ether oxygens (including phenoxy) is 2. The number of hydrogen-bond acceptors (Lipinski definition) is 3. The first kappa shape index (κ1) is 21.3. The van der Waals surface area contributed by atoms with Crippen molar-refractivity contribution in [2.45, 2.75) is 32.1 Å². The van der Waals surface area contributed by atoms with E-state index in [0.717, 1.165) is 42.0 Å². The first-order valence-corrected chi connectivity index (χ1v) is 9.10. The van der Waals surface area contributed by atoms with Gasteiger partial charge in [-0.25, -0.2) is 0 Å². The molecular weight excluding hydrogens is 453 g/mol. The highest BCUT2D eigenvalue weighted by Crippen LogP contribution is 2.28. The molecule has 0 unspecified atom stereocenters. The monoisotopic (exact) mass is 481 g/mol. The summed E-state index contributed by atoms with van der Waals surface area (Å²) in [6.45, 7) is 0.614. The normalized spacial score (nSPS) is 13.3. The number of fused-ring (bicyclic) bond motifs is 1. The van der Waals surface area contributed by atoms with Gasteiger partial charge in [0.2, 0.25) is 0 Å². The number of hydrogen-bond donors (Lipinski definition) is 2. The first-order valence-electron chi connectivity index (χ1n) is 9.10. The van der Waals surface area contributed by atoms with E-state index in [1.165, 1.54) is 24.0 Å². The molecule has 2 aromatic carbocycles. The van der Waals surface area contributed by atoms with E-state index < -0.39 is 0 Å². The molecule has 5 nitrogen and oxygen atoms in total. The van der Waals surface area contributed by atoms with E-state index in [2.05, 4.69) is 28.5 Å². The summed E-state index contributed by atoms with van der Waals surface area (Å²) >= 11 is 0. The lowest BCUT2D eigenvalue weighted by atomic mass is 9.90. The number of methoxy groups -OCH3 is 2. The molecule has 0 saturated heterocycles. The van der Waals surface area contributed by atoms with Gasteiger partial charge < -0.3 is 20.5 Å². The fraction of sp³-hybridized carbons (Fsp3) is 0.381. The molecule has 2 aromatic rings. The van der Waals surface area contributed by atoms with E-state index >= 15 is 0 Å². The van der Waals surface area contributed by atoms with Crippen molar-refractivity contribution >= 4 is 35.6 Å². The Bertz CT molecular complexity index is 793. The summed E-state index contributed by atoms with van der Waals surface area (Å²) in [6, 6.07) is 12.3. The van der Waals surface area contributed by atoms with Crippen LogP contribution < -0.4 is 20.5 Å². The average molecular weight is 481 g/mol. The minimum Gasteiger partial charge on any atom is -0.493 e. The molecule has 6 heteroatoms. The Labute approximate surface area is 178 Å². The summed E-state index contributed by atoms with van der Waals surface area (Å²) in [6.07, 6.45) is 5.56. The molecule has 0 bridgehead atoms. The maximum atomic E-state index is 6.10. The van der Waals surface area contributed by atoms with Crippen LogP contribution in [0.15, 0.2) is 41.4 Å². The predicted molar refractivity (Wildman–Crippen MR) is 122 cm³/mol. The molecule has 146 valence electrons. The third kappa shape index (κ3) is 5.51. The molecule has 0 saturated carbocycles. The second kappa shape index (κ2) is 10.4. The second-order valence-electron chi connectivity index (χ2n) is 6.48. The number of rotatable bonds is 6. The summed E-state index contributed by atoms with van der Waals surface area (Å²) < 4.78 is 10.6. The molecule has 3 N–H and O–H groups in total. The SMILES string of the molecule is COc1ccc(CCN=C(N)Nc2cccc3c2CCCC3)cc1OC.I. The Morgan fingerprint density at radius 3 is 2.63 bits per heavy atom. The number of aryl methyl sites for hydroxylation is 1. The summed E-state index contributed by atoms with van der Waals surface area (Å²) in [5.74, 6) is 1.93. The number of nitrogens with two attached hydrogens (primary N) is 1. The van der Waals surface area contributed by atoms with Crippen LogP contribution in [0.25, 0.3) is 0 Å². The van der Waals surface area contributed by atoms with Crippen LogP contribution in [0.2, 0.25) is 0 Å². The third-order valence-corrected chi connectivity index (χ3v) is 4.79. The molecule has 3 rings (SSSR count). The van der Waals surface area contributed by atoms with E-state index in [4.69, 9.17) is 15.2 Å². The minimum absolute atomic E-state index is 0. The van der Waals surface area contributed by atoms with Gasteiger partial charge in [-0.3, -0.25) is 4.99 Å². The van der Waals surface area contributed by atoms with Gasteiger partial charge in [0.25, 0.3) is 0 Å². The van der Waals surface area contributed by atoms with Gasteiger partial charge in [-0.15, -0.1) is 24.0 Å². The van der Waals surface area contributed by atoms with Crippen molar-refractivity contribution in [3.05, 3.63) is 53.1 Å². The van der Waals surface area contributed by atoms with Gasteiger partial charge in [0.15, 0.2) is 17.5 Å². The topological polar surface area (TPSA) is 68.9 Å². The quantitative estimate of drug-likeness (QED) is 0.369. The van der Waals surface area contributed by atoms with Crippen molar-refractivity contribution in [1.29, 1.82) is 0 Å². The van der Waals surface area contributed by atoms with Crippen LogP contribution in [0.5, 0.6) is 11.5 Å². The fourth-order valence-corrected chi connectivity index (χ4v) is 3.42. The Morgan fingerprint density at radius 2 is 1.85 bits per heavy atom. The van der Waals surface area contributed by atoms with E-state index in [9.17, 15) is 0 Å². The van der Waals surface area contributed by atoms with Crippen LogP contribution in [-0.2, 0) is 19.3 Å². The van der Waals surface area contributed by atoms with Crippen molar-refractivity contribution in [3.63, 3.8) is 0 Å². The van der Waals surface area contributed by atoms with Crippen molar-refractivity contribution in [3.8, 4) is 11.5 Å². The number of anilines is 1. The van der Waals surface area contributed by atoms with Crippen molar-refractivity contribution in [2.75, 3.05) is 26.1 Å². The number of benzene rings is 2. The Hall–Kier alpha value is -1.96. The zero-order chi connectivity index (χ0) is 18.4. The summed E-state index contributed by atoms with van der Waals surface area (Å²) in [7, 11) is 3.28. The summed E-state index contributed by atoms with van der Waals surface area (Å²) in [5.41, 5.74) is 11.1. The number of nitrogens with one attached hydrogen (secondary N) is 1. The standard InChI is InChI=1S/C21H27N3O2.HI/c1-25-19-11-10-15(14-20(19)26-2)12-13-23-21(22)24-18-9-5-7-16-6-3-4-8-17(16)18;/h5,7,9-11,14H,3-4,6,8,12-13H2,1-2H3,(H3,22,23,24);1H. The number of aliphatic imine (C=N–C) groups is 1. The minimum atomic E-state index is 0. The molecule has 0 amide bonds. The van der Waals surface area contributed by atoms with Gasteiger partial charge in [0, 0.05) is 12.2 Å². The van der Waals surface area contributed by atoms with E-state index in [1.54, 1.807) is 14.2 Å². The lowest BCUT2D eigenvalue weighted by Crippen LogP contribution is -2.24. The van der Waals surface area contributed by atoms with Crippen molar-refractivity contribution in [1.82, 2.24) is 0 Å². The highest BCUT2D eigenvalue weighted by molar-refractivity contribution is 14.0. The van der Waals surface area contributed by atoms with Gasteiger partial charge >= 0.3 is 0 Å². The zero-order valence-corrected chi connectivity index (χ0v) is 18.3. The van der Waals surface area contributed by atoms with Crippen molar-refractivity contribution < 1.29 is 9.47 Å². The van der Waals surface area contributed by atoms with Crippen LogP contribution in [0, 0.1) is 0 Å². The Balaban J connectivity index is 0.00000261. The smallest absolute Gasteiger partial charge is 0.193 e. The molecular formula is C21H28IN3O2. The molecule has 27 heavy (non-hydrogen) atoms. The third-order valence-electron chi connectivity index (χ3n) is 4.79. The summed E-state index contributed by atoms with van der Waals surface area (Å²) in [4.78, 5) is 4.47. The zero-order valence-electron chi connectivity index (χ0n) is 16.0. The molecule has 0 aromatic heterocycles. The molecule has 0 atom stereocenters. The van der Waals surface area contributed by atoms with Crippen LogP contribution in [-0.4, -0.2) is 26.7 Å². The maximum absolute atomic E-state index is 6.10. The molecule has 0 fully saturated rings. The van der Waals surface area contributed by atoms with Gasteiger partial charge in [0.1, 0.15) is 0 Å². The van der Waals surface area contributed by atoms with E-state index in [0.29, 0.717) is 12.5 Å². The molecule has 1 aliphatic carbocycles. The molecule has 0 spiro atoms. The average Bonchev–Trinajstić information content (AvgIpc) is 2.68. The number of halogens is 1. The first-order chi connectivity index (χ1) is 12.7. The largest absolute Gasteiger partial charge is 0.493 e. The fourth-order valence-electron chi connectivity index (χ4n) is 3.42. The number of nitrogens with zero attached hydrogens (tertiary/aromatic N) is 1. The summed E-state index contributed by atoms with van der Waals surface area (Å²) in [5, 5.41) is 3.28. The Morgan fingerprint density at radius 1 is 1.07 bits per heavy atom. The highest BCUT2D eigenvalue weighted by Gasteiger charge is 2.13. The maximum Gasteiger partial charge on any atom is 0.193 e. The second-order valence-corrected chi connectivity index (χ2v) is 6.48. The number of guanidine groups is 1. The molecule has 1 aliphatic rings. The van der Waals surface area contributed by atoms with Crippen molar-refractivity contribution in [2.24, 2.45) is 10.7 Å². The van der Waals surface area contributed by atoms with Crippen LogP contribution in [0.4, 0.5) is 5.69 Å². The van der Waals surface area contributed by atoms with E-state index in [1.807, 2.05) is 18.2 Å². The lowest BCUT2D eigenvalue weighted by molar-refractivity contribution is 0.354. The van der Waals surface area contributed by atoms with Crippen LogP contribution in [0.1, 0.15) is 29.5 Å². The van der Waals surface area contributed by atoms with Crippen LogP contribution >= 0.6 is 24.0 Å². The van der Waals surface area contributed by atoms with Gasteiger partial charge in [-0.1, -0.05) is 18.2 Å². The predicted octanol–water partition coefficient (Wildman–Crippen LogP) is 4.17. The lowest BCUT2D eigenvalue weighted by Gasteiger charge is -2.19. The molecule has 0 radical (unpaired) electrons.